The highest BCUT2D eigenvalue weighted by molar-refractivity contribution is 7.10. The van der Waals surface area contributed by atoms with Crippen LogP contribution < -0.4 is 5.32 Å². The standard InChI is InChI=1S/C14H19N3S/c1-2-3-5-11-10-14-15-8-7-12(17(14)16-11)13-6-4-9-18-13/h4,6,9-10,12,15H,2-3,5,7-8H2,1H3. The van der Waals surface area contributed by atoms with E-state index in [-0.39, 0.29) is 0 Å². The zero-order chi connectivity index (χ0) is 12.4. The highest BCUT2D eigenvalue weighted by atomic mass is 32.1. The smallest absolute Gasteiger partial charge is 0.125 e. The Hall–Kier alpha value is -1.29. The Morgan fingerprint density at radius 2 is 2.50 bits per heavy atom. The molecule has 4 heteroatoms. The van der Waals surface area contributed by atoms with E-state index in [0.717, 1.165) is 19.4 Å². The van der Waals surface area contributed by atoms with Crippen LogP contribution in [0.15, 0.2) is 23.6 Å². The molecular formula is C14H19N3S. The Labute approximate surface area is 112 Å². The Kier molecular flexibility index (Phi) is 3.37. The van der Waals surface area contributed by atoms with Crippen molar-refractivity contribution in [3.63, 3.8) is 0 Å². The second-order valence-corrected chi connectivity index (χ2v) is 5.79. The van der Waals surface area contributed by atoms with E-state index in [1.54, 1.807) is 0 Å². The third kappa shape index (κ3) is 2.17. The maximum absolute atomic E-state index is 4.79. The molecule has 0 aromatic carbocycles. The molecule has 18 heavy (non-hydrogen) atoms. The number of hydrogen-bond donors (Lipinski definition) is 1. The first kappa shape index (κ1) is 11.8. The van der Waals surface area contributed by atoms with Gasteiger partial charge < -0.3 is 5.32 Å². The molecule has 3 rings (SSSR count). The Bertz CT molecular complexity index is 501. The van der Waals surface area contributed by atoms with Gasteiger partial charge in [-0.3, -0.25) is 0 Å². The molecule has 3 nitrogen and oxygen atoms in total. The monoisotopic (exact) mass is 261 g/mol. The van der Waals surface area contributed by atoms with Crippen LogP contribution in [0.4, 0.5) is 5.82 Å². The molecule has 0 fully saturated rings. The van der Waals surface area contributed by atoms with Crippen LogP contribution in [0, 0.1) is 0 Å². The minimum Gasteiger partial charge on any atom is -0.370 e. The van der Waals surface area contributed by atoms with Gasteiger partial charge in [0.2, 0.25) is 0 Å². The number of rotatable bonds is 4. The van der Waals surface area contributed by atoms with E-state index in [0.29, 0.717) is 6.04 Å². The van der Waals surface area contributed by atoms with Crippen molar-refractivity contribution < 1.29 is 0 Å². The zero-order valence-electron chi connectivity index (χ0n) is 10.7. The summed E-state index contributed by atoms with van der Waals surface area (Å²) < 4.78 is 2.18. The molecule has 1 unspecified atom stereocenters. The second-order valence-electron chi connectivity index (χ2n) is 4.82. The van der Waals surface area contributed by atoms with Crippen molar-refractivity contribution in [3.8, 4) is 0 Å². The molecule has 2 aromatic heterocycles. The van der Waals surface area contributed by atoms with Crippen molar-refractivity contribution in [2.75, 3.05) is 11.9 Å². The first-order valence-electron chi connectivity index (χ1n) is 6.74. The summed E-state index contributed by atoms with van der Waals surface area (Å²) in [4.78, 5) is 1.42. The second kappa shape index (κ2) is 5.14. The van der Waals surface area contributed by atoms with Crippen LogP contribution >= 0.6 is 11.3 Å². The molecule has 0 bridgehead atoms. The number of nitrogens with zero attached hydrogens (tertiary/aromatic N) is 2. The molecular weight excluding hydrogens is 242 g/mol. The van der Waals surface area contributed by atoms with Gasteiger partial charge in [0.25, 0.3) is 0 Å². The predicted octanol–water partition coefficient (Wildman–Crippen LogP) is 3.69. The molecule has 0 spiro atoms. The molecule has 0 saturated carbocycles. The SMILES string of the molecule is CCCCc1cc2n(n1)C(c1cccs1)CCN2. The number of anilines is 1. The van der Waals surface area contributed by atoms with Gasteiger partial charge >= 0.3 is 0 Å². The summed E-state index contributed by atoms with van der Waals surface area (Å²) in [7, 11) is 0. The summed E-state index contributed by atoms with van der Waals surface area (Å²) in [6, 6.07) is 6.99. The summed E-state index contributed by atoms with van der Waals surface area (Å²) in [5.74, 6) is 1.19. The largest absolute Gasteiger partial charge is 0.370 e. The van der Waals surface area contributed by atoms with Gasteiger partial charge in [0.05, 0.1) is 11.7 Å². The fourth-order valence-electron chi connectivity index (χ4n) is 2.50. The molecule has 1 aliphatic rings. The molecule has 3 heterocycles. The normalized spacial score (nSPS) is 18.4. The highest BCUT2D eigenvalue weighted by Crippen LogP contribution is 2.32. The van der Waals surface area contributed by atoms with Gasteiger partial charge in [-0.15, -0.1) is 11.3 Å². The van der Waals surface area contributed by atoms with Crippen molar-refractivity contribution in [3.05, 3.63) is 34.2 Å². The molecule has 1 N–H and O–H groups in total. The minimum atomic E-state index is 0.427. The van der Waals surface area contributed by atoms with Crippen LogP contribution in [-0.4, -0.2) is 16.3 Å². The average Bonchev–Trinajstić information content (AvgIpc) is 3.04. The number of aromatic nitrogens is 2. The number of fused-ring (bicyclic) bond motifs is 1. The Morgan fingerprint density at radius 3 is 3.28 bits per heavy atom. The third-order valence-corrected chi connectivity index (χ3v) is 4.44. The van der Waals surface area contributed by atoms with E-state index in [1.165, 1.54) is 29.2 Å². The number of hydrogen-bond acceptors (Lipinski definition) is 3. The quantitative estimate of drug-likeness (QED) is 0.909. The van der Waals surface area contributed by atoms with E-state index in [2.05, 4.69) is 40.5 Å². The van der Waals surface area contributed by atoms with Crippen LogP contribution in [0.5, 0.6) is 0 Å². The molecule has 0 aliphatic carbocycles. The number of nitrogens with one attached hydrogen (secondary N) is 1. The maximum atomic E-state index is 4.79. The van der Waals surface area contributed by atoms with Crippen LogP contribution in [0.25, 0.3) is 0 Å². The highest BCUT2D eigenvalue weighted by Gasteiger charge is 2.23. The van der Waals surface area contributed by atoms with Crippen molar-refractivity contribution in [1.29, 1.82) is 0 Å². The van der Waals surface area contributed by atoms with Crippen LogP contribution in [0.3, 0.4) is 0 Å². The zero-order valence-corrected chi connectivity index (χ0v) is 11.5. The van der Waals surface area contributed by atoms with E-state index in [4.69, 9.17) is 5.10 Å². The molecule has 0 radical (unpaired) electrons. The number of aryl methyl sites for hydroxylation is 1. The molecule has 0 saturated heterocycles. The van der Waals surface area contributed by atoms with Crippen molar-refractivity contribution in [2.45, 2.75) is 38.6 Å². The Balaban J connectivity index is 1.88. The lowest BCUT2D eigenvalue weighted by molar-refractivity contribution is 0.484. The minimum absolute atomic E-state index is 0.427. The topological polar surface area (TPSA) is 29.9 Å². The van der Waals surface area contributed by atoms with Gasteiger partial charge in [-0.2, -0.15) is 5.10 Å². The first-order chi connectivity index (χ1) is 8.88. The first-order valence-corrected chi connectivity index (χ1v) is 7.62. The summed E-state index contributed by atoms with van der Waals surface area (Å²) in [6.07, 6.45) is 4.67. The fourth-order valence-corrected chi connectivity index (χ4v) is 3.34. The summed E-state index contributed by atoms with van der Waals surface area (Å²) >= 11 is 1.83. The summed E-state index contributed by atoms with van der Waals surface area (Å²) in [5.41, 5.74) is 1.22. The molecule has 1 aliphatic heterocycles. The van der Waals surface area contributed by atoms with Crippen LogP contribution in [0.1, 0.15) is 42.8 Å². The summed E-state index contributed by atoms with van der Waals surface area (Å²) in [5, 5.41) is 10.4. The van der Waals surface area contributed by atoms with Gasteiger partial charge in [-0.05, 0) is 30.7 Å². The fraction of sp³-hybridized carbons (Fsp3) is 0.500. The van der Waals surface area contributed by atoms with Gasteiger partial charge in [-0.1, -0.05) is 19.4 Å². The molecule has 2 aromatic rings. The number of thiophene rings is 1. The van der Waals surface area contributed by atoms with E-state index < -0.39 is 0 Å². The maximum Gasteiger partial charge on any atom is 0.125 e. The van der Waals surface area contributed by atoms with Crippen molar-refractivity contribution >= 4 is 17.2 Å². The van der Waals surface area contributed by atoms with Crippen LogP contribution in [0.2, 0.25) is 0 Å². The number of unbranched alkanes of at least 4 members (excludes halogenated alkanes) is 1. The van der Waals surface area contributed by atoms with Gasteiger partial charge in [0.1, 0.15) is 5.82 Å². The lowest BCUT2D eigenvalue weighted by Gasteiger charge is -2.24. The molecule has 96 valence electrons. The molecule has 1 atom stereocenters. The summed E-state index contributed by atoms with van der Waals surface area (Å²) in [6.45, 7) is 3.27. The van der Waals surface area contributed by atoms with Gasteiger partial charge in [-0.25, -0.2) is 4.68 Å². The van der Waals surface area contributed by atoms with E-state index in [9.17, 15) is 0 Å². The van der Waals surface area contributed by atoms with Crippen molar-refractivity contribution in [2.24, 2.45) is 0 Å². The Morgan fingerprint density at radius 1 is 1.56 bits per heavy atom. The third-order valence-electron chi connectivity index (χ3n) is 3.46. The average molecular weight is 261 g/mol. The van der Waals surface area contributed by atoms with Crippen LogP contribution in [-0.2, 0) is 6.42 Å². The van der Waals surface area contributed by atoms with Gasteiger partial charge in [0, 0.05) is 17.5 Å². The van der Waals surface area contributed by atoms with Crippen molar-refractivity contribution in [1.82, 2.24) is 9.78 Å². The lowest BCUT2D eigenvalue weighted by Crippen LogP contribution is -2.23. The van der Waals surface area contributed by atoms with E-state index >= 15 is 0 Å². The van der Waals surface area contributed by atoms with E-state index in [1.807, 2.05) is 11.3 Å². The predicted molar refractivity (Wildman–Crippen MR) is 76.4 cm³/mol. The van der Waals surface area contributed by atoms with Gasteiger partial charge in [0.15, 0.2) is 0 Å². The molecule has 0 amide bonds. The lowest BCUT2D eigenvalue weighted by atomic mass is 10.1.